The van der Waals surface area contributed by atoms with Gasteiger partial charge in [0.25, 0.3) is 0 Å². The van der Waals surface area contributed by atoms with Crippen molar-refractivity contribution < 1.29 is 9.90 Å². The van der Waals surface area contributed by atoms with E-state index in [4.69, 9.17) is 5.11 Å². The van der Waals surface area contributed by atoms with E-state index in [0.717, 1.165) is 18.3 Å². The Morgan fingerprint density at radius 1 is 1.05 bits per heavy atom. The maximum Gasteiger partial charge on any atom is 0.335 e. The summed E-state index contributed by atoms with van der Waals surface area (Å²) in [4.78, 5) is 10.8. The van der Waals surface area contributed by atoms with Gasteiger partial charge >= 0.3 is 5.97 Å². The van der Waals surface area contributed by atoms with Gasteiger partial charge in [-0.2, -0.15) is 0 Å². The molecule has 1 aromatic carbocycles. The van der Waals surface area contributed by atoms with Gasteiger partial charge in [-0.15, -0.1) is 0 Å². The molecule has 0 radical (unpaired) electrons. The topological polar surface area (TPSA) is 37.3 Å². The summed E-state index contributed by atoms with van der Waals surface area (Å²) in [5.74, 6) is 1.01. The molecule has 0 bridgehead atoms. The van der Waals surface area contributed by atoms with Crippen LogP contribution >= 0.6 is 0 Å². The molecule has 0 atom stereocenters. The Kier molecular flexibility index (Phi) is 5.63. The molecule has 0 aliphatic heterocycles. The number of benzene rings is 1. The smallest absolute Gasteiger partial charge is 0.335 e. The maximum atomic E-state index is 10.8. The number of aromatic carboxylic acids is 1. The zero-order valence-electron chi connectivity index (χ0n) is 12.5. The molecule has 110 valence electrons. The molecule has 1 fully saturated rings. The first-order valence-electron chi connectivity index (χ1n) is 8.01. The normalized spacial score (nSPS) is 22.6. The highest BCUT2D eigenvalue weighted by Gasteiger charge is 2.20. The molecular formula is C18H26O2. The van der Waals surface area contributed by atoms with Crippen molar-refractivity contribution in [1.29, 1.82) is 0 Å². The predicted octanol–water partition coefficient (Wildman–Crippen LogP) is 4.92. The largest absolute Gasteiger partial charge is 0.478 e. The van der Waals surface area contributed by atoms with Crippen LogP contribution in [0.5, 0.6) is 0 Å². The van der Waals surface area contributed by atoms with Crippen LogP contribution in [0.25, 0.3) is 0 Å². The summed E-state index contributed by atoms with van der Waals surface area (Å²) in [6.07, 6.45) is 10.7. The fourth-order valence-corrected chi connectivity index (χ4v) is 3.40. The first kappa shape index (κ1) is 15.1. The number of hydrogen-bond acceptors (Lipinski definition) is 1. The lowest BCUT2D eigenvalue weighted by atomic mass is 9.78. The summed E-state index contributed by atoms with van der Waals surface area (Å²) in [6.45, 7) is 2.28. The minimum atomic E-state index is -0.842. The van der Waals surface area contributed by atoms with Crippen molar-refractivity contribution in [2.45, 2.75) is 58.3 Å². The molecule has 1 aromatic rings. The van der Waals surface area contributed by atoms with Gasteiger partial charge in [0.15, 0.2) is 0 Å². The van der Waals surface area contributed by atoms with Gasteiger partial charge in [-0.3, -0.25) is 0 Å². The minimum Gasteiger partial charge on any atom is -0.478 e. The van der Waals surface area contributed by atoms with Gasteiger partial charge < -0.3 is 5.11 Å². The molecule has 0 unspecified atom stereocenters. The number of carboxylic acid groups (broad SMARTS) is 1. The van der Waals surface area contributed by atoms with Crippen LogP contribution in [0.15, 0.2) is 24.3 Å². The van der Waals surface area contributed by atoms with Crippen molar-refractivity contribution in [3.05, 3.63) is 35.4 Å². The van der Waals surface area contributed by atoms with Gasteiger partial charge in [0.1, 0.15) is 0 Å². The highest BCUT2D eigenvalue weighted by atomic mass is 16.4. The Morgan fingerprint density at radius 3 is 2.10 bits per heavy atom. The van der Waals surface area contributed by atoms with Crippen molar-refractivity contribution >= 4 is 5.97 Å². The summed E-state index contributed by atoms with van der Waals surface area (Å²) in [5, 5.41) is 8.88. The number of hydrogen-bond donors (Lipinski definition) is 1. The summed E-state index contributed by atoms with van der Waals surface area (Å²) < 4.78 is 0. The lowest BCUT2D eigenvalue weighted by Crippen LogP contribution is -2.15. The zero-order chi connectivity index (χ0) is 14.4. The van der Waals surface area contributed by atoms with Crippen molar-refractivity contribution in [2.75, 3.05) is 0 Å². The summed E-state index contributed by atoms with van der Waals surface area (Å²) in [7, 11) is 0. The maximum absolute atomic E-state index is 10.8. The molecule has 0 spiro atoms. The SMILES string of the molecule is CCCC1CCC(CCc2ccc(C(=O)O)cc2)CC1. The van der Waals surface area contributed by atoms with Crippen molar-refractivity contribution in [3.8, 4) is 0 Å². The number of carboxylic acids is 1. The molecule has 2 heteroatoms. The second-order valence-electron chi connectivity index (χ2n) is 6.22. The first-order valence-corrected chi connectivity index (χ1v) is 8.01. The monoisotopic (exact) mass is 274 g/mol. The number of carbonyl (C=O) groups is 1. The second-order valence-corrected chi connectivity index (χ2v) is 6.22. The van der Waals surface area contributed by atoms with Crippen LogP contribution in [0.3, 0.4) is 0 Å². The summed E-state index contributed by atoms with van der Waals surface area (Å²) in [6, 6.07) is 7.37. The van der Waals surface area contributed by atoms with E-state index in [1.165, 1.54) is 50.5 Å². The molecule has 20 heavy (non-hydrogen) atoms. The van der Waals surface area contributed by atoms with Crippen LogP contribution in [0, 0.1) is 11.8 Å². The molecule has 1 aliphatic rings. The van der Waals surface area contributed by atoms with Crippen LogP contribution < -0.4 is 0 Å². The van der Waals surface area contributed by atoms with Gasteiger partial charge in [0.05, 0.1) is 5.56 Å². The van der Waals surface area contributed by atoms with Crippen LogP contribution in [0.1, 0.15) is 67.8 Å². The van der Waals surface area contributed by atoms with E-state index in [-0.39, 0.29) is 0 Å². The Morgan fingerprint density at radius 2 is 1.60 bits per heavy atom. The van der Waals surface area contributed by atoms with E-state index in [2.05, 4.69) is 6.92 Å². The van der Waals surface area contributed by atoms with Crippen LogP contribution in [0.2, 0.25) is 0 Å². The molecule has 2 nitrogen and oxygen atoms in total. The van der Waals surface area contributed by atoms with E-state index in [0.29, 0.717) is 5.56 Å². The van der Waals surface area contributed by atoms with E-state index in [1.807, 2.05) is 12.1 Å². The predicted molar refractivity (Wildman–Crippen MR) is 82.1 cm³/mol. The van der Waals surface area contributed by atoms with Gasteiger partial charge in [-0.25, -0.2) is 4.79 Å². The standard InChI is InChI=1S/C18H26O2/c1-2-3-14-4-6-15(7-5-14)8-9-16-10-12-17(13-11-16)18(19)20/h10-15H,2-9H2,1H3,(H,19,20). The fourth-order valence-electron chi connectivity index (χ4n) is 3.40. The van der Waals surface area contributed by atoms with Gasteiger partial charge in [-0.05, 0) is 42.4 Å². The van der Waals surface area contributed by atoms with Crippen LogP contribution in [0.4, 0.5) is 0 Å². The van der Waals surface area contributed by atoms with Gasteiger partial charge in [0.2, 0.25) is 0 Å². The lowest BCUT2D eigenvalue weighted by Gasteiger charge is -2.28. The third-order valence-electron chi connectivity index (χ3n) is 4.71. The Hall–Kier alpha value is -1.31. The highest BCUT2D eigenvalue weighted by Crippen LogP contribution is 2.33. The summed E-state index contributed by atoms with van der Waals surface area (Å²) in [5.41, 5.74) is 1.65. The fraction of sp³-hybridized carbons (Fsp3) is 0.611. The first-order chi connectivity index (χ1) is 9.69. The van der Waals surface area contributed by atoms with E-state index < -0.39 is 5.97 Å². The van der Waals surface area contributed by atoms with Crippen molar-refractivity contribution in [3.63, 3.8) is 0 Å². The van der Waals surface area contributed by atoms with E-state index in [9.17, 15) is 4.79 Å². The molecule has 0 saturated heterocycles. The second kappa shape index (κ2) is 7.47. The average Bonchev–Trinajstić information content (AvgIpc) is 2.47. The lowest BCUT2D eigenvalue weighted by molar-refractivity contribution is 0.0697. The van der Waals surface area contributed by atoms with Crippen LogP contribution in [-0.2, 0) is 6.42 Å². The molecule has 0 heterocycles. The number of rotatable bonds is 6. The Labute approximate surface area is 122 Å². The summed E-state index contributed by atoms with van der Waals surface area (Å²) >= 11 is 0. The molecule has 0 amide bonds. The van der Waals surface area contributed by atoms with Gasteiger partial charge in [-0.1, -0.05) is 57.6 Å². The zero-order valence-corrected chi connectivity index (χ0v) is 12.5. The van der Waals surface area contributed by atoms with Crippen molar-refractivity contribution in [1.82, 2.24) is 0 Å². The molecule has 0 aromatic heterocycles. The Bertz CT molecular complexity index is 414. The van der Waals surface area contributed by atoms with E-state index >= 15 is 0 Å². The molecule has 1 N–H and O–H groups in total. The minimum absolute atomic E-state index is 0.383. The molecule has 1 aliphatic carbocycles. The third kappa shape index (κ3) is 4.36. The van der Waals surface area contributed by atoms with E-state index in [1.54, 1.807) is 12.1 Å². The molecule has 2 rings (SSSR count). The average molecular weight is 274 g/mol. The number of aryl methyl sites for hydroxylation is 1. The van der Waals surface area contributed by atoms with Crippen LogP contribution in [-0.4, -0.2) is 11.1 Å². The molecular weight excluding hydrogens is 248 g/mol. The van der Waals surface area contributed by atoms with Crippen molar-refractivity contribution in [2.24, 2.45) is 11.8 Å². The Balaban J connectivity index is 1.74. The molecule has 1 saturated carbocycles. The quantitative estimate of drug-likeness (QED) is 0.799. The third-order valence-corrected chi connectivity index (χ3v) is 4.71. The highest BCUT2D eigenvalue weighted by molar-refractivity contribution is 5.87. The van der Waals surface area contributed by atoms with Gasteiger partial charge in [0, 0.05) is 0 Å².